The summed E-state index contributed by atoms with van der Waals surface area (Å²) in [7, 11) is 0. The van der Waals surface area contributed by atoms with Crippen molar-refractivity contribution < 1.29 is 4.79 Å². The van der Waals surface area contributed by atoms with Gasteiger partial charge in [0.1, 0.15) is 5.01 Å². The van der Waals surface area contributed by atoms with E-state index in [1.807, 2.05) is 12.1 Å². The van der Waals surface area contributed by atoms with Gasteiger partial charge in [0.2, 0.25) is 5.91 Å². The molecule has 2 N–H and O–H groups in total. The molecule has 1 aromatic carbocycles. The van der Waals surface area contributed by atoms with E-state index in [2.05, 4.69) is 37.8 Å². The number of para-hydroxylation sites is 1. The fraction of sp³-hybridized carbons (Fsp3) is 0.429. The van der Waals surface area contributed by atoms with Gasteiger partial charge in [0, 0.05) is 27.9 Å². The third kappa shape index (κ3) is 3.53. The monoisotopic (exact) mass is 399 g/mol. The first-order valence-corrected chi connectivity index (χ1v) is 11.1. The number of hydrogen-bond acceptors (Lipinski definition) is 5. The molecule has 0 bridgehead atoms. The highest BCUT2D eigenvalue weighted by Crippen LogP contribution is 2.46. The molecule has 4 rings (SSSR count). The van der Waals surface area contributed by atoms with Crippen LogP contribution in [0.4, 0.5) is 0 Å². The van der Waals surface area contributed by atoms with Gasteiger partial charge in [0.05, 0.1) is 16.6 Å². The van der Waals surface area contributed by atoms with E-state index in [0.29, 0.717) is 12.0 Å². The van der Waals surface area contributed by atoms with Crippen LogP contribution in [-0.2, 0) is 17.8 Å². The van der Waals surface area contributed by atoms with E-state index in [0.717, 1.165) is 34.9 Å². The number of hydrogen-bond donors (Lipinski definition) is 1. The first kappa shape index (κ1) is 18.6. The molecule has 3 aromatic rings. The molecule has 0 spiro atoms. The zero-order valence-corrected chi connectivity index (χ0v) is 17.6. The number of thiazole rings is 1. The zero-order chi connectivity index (χ0) is 19.1. The summed E-state index contributed by atoms with van der Waals surface area (Å²) in [6.07, 6.45) is 1.41. The minimum absolute atomic E-state index is 0.276. The number of carbonyl (C=O) groups excluding carboxylic acids is 1. The van der Waals surface area contributed by atoms with E-state index in [9.17, 15) is 4.79 Å². The van der Waals surface area contributed by atoms with Crippen molar-refractivity contribution in [3.05, 3.63) is 39.6 Å². The number of rotatable bonds is 4. The molecular weight excluding hydrogens is 374 g/mol. The standard InChI is InChI=1S/C21H25N3OS2/c1-12(2)24-9-8-13(3)19-17(11-24)26-16(10-18(22)25)20(19)21-23-14-6-4-5-7-15(14)27-21/h4-7,12-13H,8-11H2,1-3H3,(H2,22,25). The Morgan fingerprint density at radius 2 is 2.11 bits per heavy atom. The van der Waals surface area contributed by atoms with E-state index < -0.39 is 0 Å². The largest absolute Gasteiger partial charge is 0.369 e. The van der Waals surface area contributed by atoms with Gasteiger partial charge in [-0.1, -0.05) is 19.1 Å². The summed E-state index contributed by atoms with van der Waals surface area (Å²) in [5, 5.41) is 1.02. The van der Waals surface area contributed by atoms with E-state index in [4.69, 9.17) is 10.7 Å². The van der Waals surface area contributed by atoms with Crippen LogP contribution < -0.4 is 5.73 Å². The minimum atomic E-state index is -0.276. The lowest BCUT2D eigenvalue weighted by molar-refractivity contribution is -0.117. The summed E-state index contributed by atoms with van der Waals surface area (Å²) >= 11 is 3.47. The Hall–Kier alpha value is -1.76. The third-order valence-electron chi connectivity index (χ3n) is 5.36. The van der Waals surface area contributed by atoms with E-state index in [1.54, 1.807) is 22.7 Å². The molecule has 2 aromatic heterocycles. The Bertz CT molecular complexity index is 956. The van der Waals surface area contributed by atoms with Crippen molar-refractivity contribution in [2.24, 2.45) is 5.73 Å². The van der Waals surface area contributed by atoms with Gasteiger partial charge in [-0.15, -0.1) is 22.7 Å². The number of nitrogens with zero attached hydrogens (tertiary/aromatic N) is 2. The number of thiophene rings is 1. The predicted molar refractivity (Wildman–Crippen MR) is 114 cm³/mol. The van der Waals surface area contributed by atoms with Gasteiger partial charge in [-0.05, 0) is 50.4 Å². The van der Waals surface area contributed by atoms with Crippen LogP contribution in [0.15, 0.2) is 24.3 Å². The second-order valence-electron chi connectivity index (χ2n) is 7.62. The molecule has 27 heavy (non-hydrogen) atoms. The normalized spacial score (nSPS) is 18.0. The van der Waals surface area contributed by atoms with Crippen LogP contribution in [0.3, 0.4) is 0 Å². The number of primary amides is 1. The molecule has 1 atom stereocenters. The topological polar surface area (TPSA) is 59.2 Å². The maximum Gasteiger partial charge on any atom is 0.222 e. The van der Waals surface area contributed by atoms with Gasteiger partial charge in [0.25, 0.3) is 0 Å². The molecule has 0 fully saturated rings. The Morgan fingerprint density at radius 1 is 1.33 bits per heavy atom. The van der Waals surface area contributed by atoms with Gasteiger partial charge >= 0.3 is 0 Å². The first-order chi connectivity index (χ1) is 12.9. The van der Waals surface area contributed by atoms with E-state index in [1.165, 1.54) is 20.7 Å². The molecule has 0 aliphatic carbocycles. The van der Waals surface area contributed by atoms with Gasteiger partial charge in [-0.25, -0.2) is 4.98 Å². The highest BCUT2D eigenvalue weighted by Gasteiger charge is 2.30. The Kier molecular flexibility index (Phi) is 5.05. The number of nitrogens with two attached hydrogens (primary N) is 1. The molecule has 0 radical (unpaired) electrons. The quantitative estimate of drug-likeness (QED) is 0.687. The van der Waals surface area contributed by atoms with Gasteiger partial charge in [0.15, 0.2) is 0 Å². The number of amides is 1. The SMILES string of the molecule is CC1CCN(C(C)C)Cc2sc(CC(N)=O)c(-c3nc4ccccc4s3)c21. The molecule has 3 heterocycles. The summed E-state index contributed by atoms with van der Waals surface area (Å²) in [6, 6.07) is 8.74. The summed E-state index contributed by atoms with van der Waals surface area (Å²) in [4.78, 5) is 21.6. The highest BCUT2D eigenvalue weighted by molar-refractivity contribution is 7.22. The molecule has 0 saturated carbocycles. The van der Waals surface area contributed by atoms with Gasteiger partial charge in [-0.3, -0.25) is 9.69 Å². The summed E-state index contributed by atoms with van der Waals surface area (Å²) < 4.78 is 1.18. The lowest BCUT2D eigenvalue weighted by atomic mass is 9.94. The molecule has 0 saturated heterocycles. The van der Waals surface area contributed by atoms with E-state index >= 15 is 0 Å². The van der Waals surface area contributed by atoms with Gasteiger partial charge in [-0.2, -0.15) is 0 Å². The first-order valence-electron chi connectivity index (χ1n) is 9.46. The molecular formula is C21H25N3OS2. The fourth-order valence-corrected chi connectivity index (χ4v) is 6.47. The predicted octanol–water partition coefficient (Wildman–Crippen LogP) is 4.77. The number of fused-ring (bicyclic) bond motifs is 2. The maximum absolute atomic E-state index is 11.8. The smallest absolute Gasteiger partial charge is 0.222 e. The Balaban J connectivity index is 1.90. The Morgan fingerprint density at radius 3 is 2.81 bits per heavy atom. The number of aromatic nitrogens is 1. The van der Waals surface area contributed by atoms with Crippen LogP contribution in [0, 0.1) is 0 Å². The van der Waals surface area contributed by atoms with Crippen LogP contribution >= 0.6 is 22.7 Å². The third-order valence-corrected chi connectivity index (χ3v) is 7.60. The second-order valence-corrected chi connectivity index (χ2v) is 9.84. The molecule has 142 valence electrons. The van der Waals surface area contributed by atoms with Gasteiger partial charge < -0.3 is 5.73 Å². The van der Waals surface area contributed by atoms with Crippen molar-refractivity contribution in [2.45, 2.75) is 52.1 Å². The number of benzene rings is 1. The van der Waals surface area contributed by atoms with Crippen molar-refractivity contribution >= 4 is 38.8 Å². The van der Waals surface area contributed by atoms with Crippen molar-refractivity contribution in [1.82, 2.24) is 9.88 Å². The molecule has 4 nitrogen and oxygen atoms in total. The van der Waals surface area contributed by atoms with Crippen LogP contribution in [0.1, 0.15) is 48.4 Å². The van der Waals surface area contributed by atoms with E-state index in [-0.39, 0.29) is 12.3 Å². The van der Waals surface area contributed by atoms with Crippen LogP contribution in [0.5, 0.6) is 0 Å². The lowest BCUT2D eigenvalue weighted by Gasteiger charge is -2.24. The minimum Gasteiger partial charge on any atom is -0.369 e. The lowest BCUT2D eigenvalue weighted by Crippen LogP contribution is -2.30. The van der Waals surface area contributed by atoms with Crippen molar-refractivity contribution in [1.29, 1.82) is 0 Å². The maximum atomic E-state index is 11.8. The average molecular weight is 400 g/mol. The second kappa shape index (κ2) is 7.34. The number of carbonyl (C=O) groups is 1. The molecule has 1 amide bonds. The zero-order valence-electron chi connectivity index (χ0n) is 16.0. The fourth-order valence-electron chi connectivity index (χ4n) is 3.89. The molecule has 6 heteroatoms. The molecule has 1 unspecified atom stereocenters. The summed E-state index contributed by atoms with van der Waals surface area (Å²) in [5.41, 5.74) is 9.17. The average Bonchev–Trinajstić information content (AvgIpc) is 3.13. The summed E-state index contributed by atoms with van der Waals surface area (Å²) in [6.45, 7) is 8.85. The van der Waals surface area contributed by atoms with Crippen LogP contribution in [0.25, 0.3) is 20.8 Å². The highest BCUT2D eigenvalue weighted by atomic mass is 32.1. The van der Waals surface area contributed by atoms with Crippen molar-refractivity contribution in [2.75, 3.05) is 6.54 Å². The summed E-state index contributed by atoms with van der Waals surface area (Å²) in [5.74, 6) is 0.172. The van der Waals surface area contributed by atoms with Crippen molar-refractivity contribution in [3.63, 3.8) is 0 Å². The molecule has 1 aliphatic rings. The van der Waals surface area contributed by atoms with Crippen LogP contribution in [0.2, 0.25) is 0 Å². The Labute approximate surface area is 168 Å². The van der Waals surface area contributed by atoms with Crippen molar-refractivity contribution in [3.8, 4) is 10.6 Å². The van der Waals surface area contributed by atoms with Crippen LogP contribution in [-0.4, -0.2) is 28.4 Å². The molecule has 1 aliphatic heterocycles.